The van der Waals surface area contributed by atoms with Crippen LogP contribution in [0.15, 0.2) is 168 Å². The number of fused-ring (bicyclic) bond motifs is 11. The summed E-state index contributed by atoms with van der Waals surface area (Å²) < 4.78 is 11.9. The van der Waals surface area contributed by atoms with Gasteiger partial charge in [0, 0.05) is 62.4 Å². The van der Waals surface area contributed by atoms with Gasteiger partial charge in [0.15, 0.2) is 0 Å². The number of nitrogens with zero attached hydrogens (tertiary/aromatic N) is 1. The van der Waals surface area contributed by atoms with Crippen molar-refractivity contribution in [1.82, 2.24) is 0 Å². The first-order valence-electron chi connectivity index (χ1n) is 16.8. The molecule has 3 heterocycles. The fraction of sp³-hybridized carbons (Fsp3) is 0. The quantitative estimate of drug-likeness (QED) is 0.185. The van der Waals surface area contributed by atoms with Gasteiger partial charge in [-0.2, -0.15) is 0 Å². The highest BCUT2D eigenvalue weighted by Crippen LogP contribution is 2.48. The van der Waals surface area contributed by atoms with Crippen molar-refractivity contribution in [1.29, 1.82) is 0 Å². The predicted molar refractivity (Wildman–Crippen MR) is 217 cm³/mol. The largest absolute Gasteiger partial charge is 0.455 e. The summed E-state index contributed by atoms with van der Waals surface area (Å²) in [5, 5.41) is 9.74. The molecule has 0 spiro atoms. The lowest BCUT2D eigenvalue weighted by molar-refractivity contribution is 0.672. The maximum absolute atomic E-state index is 6.71. The molecule has 3 aromatic heterocycles. The maximum Gasteiger partial charge on any atom is 0.143 e. The number of hydrogen-bond donors (Lipinski definition) is 0. The first kappa shape index (κ1) is 28.0. The molecule has 11 aromatic rings. The molecule has 0 radical (unpaired) electrons. The fourth-order valence-corrected chi connectivity index (χ4v) is 10.1. The molecule has 50 heavy (non-hydrogen) atoms. The number of rotatable bonds is 4. The Hall–Kier alpha value is -5.94. The molecular formula is C46H27NOS2. The Morgan fingerprint density at radius 1 is 0.420 bits per heavy atom. The van der Waals surface area contributed by atoms with Gasteiger partial charge in [0.2, 0.25) is 0 Å². The monoisotopic (exact) mass is 673 g/mol. The van der Waals surface area contributed by atoms with E-state index in [1.807, 2.05) is 22.7 Å². The molecule has 0 aliphatic rings. The van der Waals surface area contributed by atoms with Crippen LogP contribution in [-0.2, 0) is 0 Å². The summed E-state index contributed by atoms with van der Waals surface area (Å²) in [5.74, 6) is 0. The van der Waals surface area contributed by atoms with Gasteiger partial charge in [-0.15, -0.1) is 22.7 Å². The minimum Gasteiger partial charge on any atom is -0.455 e. The van der Waals surface area contributed by atoms with E-state index in [0.717, 1.165) is 44.4 Å². The van der Waals surface area contributed by atoms with Crippen LogP contribution in [0.4, 0.5) is 17.1 Å². The number of furan rings is 1. The minimum absolute atomic E-state index is 0.881. The molecule has 234 valence electrons. The molecule has 0 atom stereocenters. The normalized spacial score (nSPS) is 12.0. The van der Waals surface area contributed by atoms with Crippen LogP contribution in [-0.4, -0.2) is 0 Å². The Labute approximate surface area is 295 Å². The highest BCUT2D eigenvalue weighted by atomic mass is 32.1. The summed E-state index contributed by atoms with van der Waals surface area (Å²) in [6.07, 6.45) is 0. The van der Waals surface area contributed by atoms with Gasteiger partial charge in [0.1, 0.15) is 11.2 Å². The van der Waals surface area contributed by atoms with E-state index in [9.17, 15) is 0 Å². The van der Waals surface area contributed by atoms with E-state index in [1.54, 1.807) is 0 Å². The zero-order valence-electron chi connectivity index (χ0n) is 26.8. The van der Waals surface area contributed by atoms with Gasteiger partial charge in [0.25, 0.3) is 0 Å². The Morgan fingerprint density at radius 3 is 1.86 bits per heavy atom. The molecule has 0 saturated heterocycles. The second-order valence-electron chi connectivity index (χ2n) is 12.9. The molecule has 0 amide bonds. The van der Waals surface area contributed by atoms with Crippen molar-refractivity contribution in [3.05, 3.63) is 164 Å². The summed E-state index contributed by atoms with van der Waals surface area (Å²) in [6.45, 7) is 0. The number of thiophene rings is 2. The number of para-hydroxylation sites is 1. The summed E-state index contributed by atoms with van der Waals surface area (Å²) in [7, 11) is 0. The van der Waals surface area contributed by atoms with Crippen molar-refractivity contribution in [2.24, 2.45) is 0 Å². The van der Waals surface area contributed by atoms with Crippen LogP contribution in [0.2, 0.25) is 0 Å². The SMILES string of the molecule is c1ccc(N(c2ccc3c(c2)sc2ccccc23)c2cccc3oc4c5ccccc5ccc4c23)c(-c2ccc3c(c2)sc2ccccc23)c1. The third kappa shape index (κ3) is 4.13. The van der Waals surface area contributed by atoms with Crippen molar-refractivity contribution in [2.75, 3.05) is 4.90 Å². The van der Waals surface area contributed by atoms with Crippen LogP contribution in [0, 0.1) is 0 Å². The van der Waals surface area contributed by atoms with E-state index in [-0.39, 0.29) is 0 Å². The zero-order valence-corrected chi connectivity index (χ0v) is 28.4. The standard InChI is InChI=1S/C46H27NOS2/c1-2-12-32-28(10-1)20-24-37-45-39(16-9-17-40(45)48-46(32)37)47(30-22-25-36-34-14-5-8-19-42(34)50-44(36)27-30)38-15-6-3-11-31(38)29-21-23-35-33-13-4-7-18-41(33)49-43(35)26-29/h1-27H. The average molecular weight is 674 g/mol. The average Bonchev–Trinajstić information content (AvgIpc) is 3.86. The van der Waals surface area contributed by atoms with Crippen LogP contribution < -0.4 is 4.90 Å². The molecular weight excluding hydrogens is 647 g/mol. The van der Waals surface area contributed by atoms with Gasteiger partial charge >= 0.3 is 0 Å². The van der Waals surface area contributed by atoms with Crippen LogP contribution in [0.5, 0.6) is 0 Å². The third-order valence-electron chi connectivity index (χ3n) is 10.1. The molecule has 8 aromatic carbocycles. The van der Waals surface area contributed by atoms with Crippen molar-refractivity contribution < 1.29 is 4.42 Å². The molecule has 2 nitrogen and oxygen atoms in total. The van der Waals surface area contributed by atoms with Gasteiger partial charge in [-0.1, -0.05) is 109 Å². The van der Waals surface area contributed by atoms with Crippen LogP contribution in [0.3, 0.4) is 0 Å². The zero-order chi connectivity index (χ0) is 32.8. The summed E-state index contributed by atoms with van der Waals surface area (Å²) in [6, 6.07) is 59.5. The van der Waals surface area contributed by atoms with Crippen molar-refractivity contribution in [2.45, 2.75) is 0 Å². The Kier molecular flexibility index (Phi) is 6.03. The second-order valence-corrected chi connectivity index (χ2v) is 15.0. The van der Waals surface area contributed by atoms with Gasteiger partial charge in [-0.3, -0.25) is 0 Å². The van der Waals surface area contributed by atoms with Gasteiger partial charge in [-0.25, -0.2) is 0 Å². The first-order chi connectivity index (χ1) is 24.8. The van der Waals surface area contributed by atoms with Crippen LogP contribution in [0.25, 0.3) is 84.2 Å². The number of benzene rings is 8. The molecule has 0 N–H and O–H groups in total. The highest BCUT2D eigenvalue weighted by Gasteiger charge is 2.23. The topological polar surface area (TPSA) is 16.4 Å². The lowest BCUT2D eigenvalue weighted by Gasteiger charge is -2.28. The van der Waals surface area contributed by atoms with Crippen LogP contribution in [0.1, 0.15) is 0 Å². The lowest BCUT2D eigenvalue weighted by atomic mass is 9.99. The molecule has 0 aliphatic heterocycles. The van der Waals surface area contributed by atoms with Gasteiger partial charge in [-0.05, 0) is 65.5 Å². The van der Waals surface area contributed by atoms with Crippen molar-refractivity contribution >= 4 is 113 Å². The van der Waals surface area contributed by atoms with E-state index in [0.29, 0.717) is 0 Å². The van der Waals surface area contributed by atoms with E-state index >= 15 is 0 Å². The lowest BCUT2D eigenvalue weighted by Crippen LogP contribution is -2.11. The fourth-order valence-electron chi connectivity index (χ4n) is 7.79. The molecule has 11 rings (SSSR count). The molecule has 4 heteroatoms. The van der Waals surface area contributed by atoms with Crippen molar-refractivity contribution in [3.63, 3.8) is 0 Å². The Balaban J connectivity index is 1.20. The Morgan fingerprint density at radius 2 is 1.04 bits per heavy atom. The maximum atomic E-state index is 6.71. The summed E-state index contributed by atoms with van der Waals surface area (Å²) in [5.41, 5.74) is 7.51. The predicted octanol–water partition coefficient (Wildman–Crippen LogP) is 14.6. The third-order valence-corrected chi connectivity index (χ3v) is 12.3. The van der Waals surface area contributed by atoms with Gasteiger partial charge in [0.05, 0.1) is 16.8 Å². The minimum atomic E-state index is 0.881. The molecule has 0 bridgehead atoms. The molecule has 0 unspecified atom stereocenters. The summed E-state index contributed by atoms with van der Waals surface area (Å²) in [4.78, 5) is 2.45. The molecule has 0 aliphatic carbocycles. The number of hydrogen-bond acceptors (Lipinski definition) is 4. The number of anilines is 3. The molecule has 0 fully saturated rings. The molecule has 0 saturated carbocycles. The summed E-state index contributed by atoms with van der Waals surface area (Å²) >= 11 is 3.71. The van der Waals surface area contributed by atoms with E-state index in [4.69, 9.17) is 4.42 Å². The van der Waals surface area contributed by atoms with Crippen LogP contribution >= 0.6 is 22.7 Å². The van der Waals surface area contributed by atoms with Crippen molar-refractivity contribution in [3.8, 4) is 11.1 Å². The van der Waals surface area contributed by atoms with E-state index in [2.05, 4.69) is 169 Å². The Bertz CT molecular complexity index is 3130. The highest BCUT2D eigenvalue weighted by molar-refractivity contribution is 7.26. The second kappa shape index (κ2) is 10.8. The van der Waals surface area contributed by atoms with E-state index < -0.39 is 0 Å². The smallest absolute Gasteiger partial charge is 0.143 e. The first-order valence-corrected chi connectivity index (χ1v) is 18.5. The van der Waals surface area contributed by atoms with E-state index in [1.165, 1.54) is 56.9 Å². The van der Waals surface area contributed by atoms with Gasteiger partial charge < -0.3 is 9.32 Å².